The van der Waals surface area contributed by atoms with Gasteiger partial charge < -0.3 is 15.8 Å². The Morgan fingerprint density at radius 2 is 1.60 bits per heavy atom. The maximum atomic E-state index is 12.1. The van der Waals surface area contributed by atoms with Gasteiger partial charge in [0, 0.05) is 5.54 Å². The fraction of sp³-hybridized carbons (Fsp3) is 0.938. The number of carbonyl (C=O) groups excluding carboxylic acids is 1. The molecule has 1 aliphatic carbocycles. The molecule has 0 radical (unpaired) electrons. The topological polar surface area (TPSA) is 64.3 Å². The Morgan fingerprint density at radius 1 is 1.10 bits per heavy atom. The van der Waals surface area contributed by atoms with Crippen molar-refractivity contribution >= 4 is 6.09 Å². The molecule has 4 nitrogen and oxygen atoms in total. The molecule has 0 saturated heterocycles. The van der Waals surface area contributed by atoms with E-state index in [1.807, 2.05) is 20.8 Å². The van der Waals surface area contributed by atoms with E-state index in [9.17, 15) is 4.79 Å². The number of hydrogen-bond acceptors (Lipinski definition) is 3. The van der Waals surface area contributed by atoms with Crippen LogP contribution in [0.4, 0.5) is 4.79 Å². The van der Waals surface area contributed by atoms with Gasteiger partial charge in [0.25, 0.3) is 0 Å². The molecular formula is C16H32N2O2. The first-order chi connectivity index (χ1) is 8.94. The van der Waals surface area contributed by atoms with Crippen molar-refractivity contribution in [3.63, 3.8) is 0 Å². The first-order valence-electron chi connectivity index (χ1n) is 7.72. The summed E-state index contributed by atoms with van der Waals surface area (Å²) in [6.45, 7) is 12.0. The highest BCUT2D eigenvalue weighted by Crippen LogP contribution is 2.36. The summed E-state index contributed by atoms with van der Waals surface area (Å²) in [7, 11) is 0. The van der Waals surface area contributed by atoms with Crippen molar-refractivity contribution in [2.24, 2.45) is 11.1 Å². The van der Waals surface area contributed by atoms with Crippen molar-refractivity contribution in [3.05, 3.63) is 0 Å². The molecule has 118 valence electrons. The van der Waals surface area contributed by atoms with Gasteiger partial charge in [-0.1, -0.05) is 40.0 Å². The monoisotopic (exact) mass is 284 g/mol. The summed E-state index contributed by atoms with van der Waals surface area (Å²) >= 11 is 0. The predicted molar refractivity (Wildman–Crippen MR) is 82.6 cm³/mol. The molecule has 1 saturated carbocycles. The minimum Gasteiger partial charge on any atom is -0.444 e. The van der Waals surface area contributed by atoms with Crippen LogP contribution in [-0.4, -0.2) is 23.3 Å². The maximum Gasteiger partial charge on any atom is 0.407 e. The molecule has 1 rings (SSSR count). The smallest absolute Gasteiger partial charge is 0.407 e. The molecule has 1 atom stereocenters. The minimum absolute atomic E-state index is 0.0786. The Morgan fingerprint density at radius 3 is 2.00 bits per heavy atom. The van der Waals surface area contributed by atoms with E-state index in [1.54, 1.807) is 0 Å². The lowest BCUT2D eigenvalue weighted by molar-refractivity contribution is 0.0370. The minimum atomic E-state index is -0.485. The third-order valence-electron chi connectivity index (χ3n) is 3.89. The van der Waals surface area contributed by atoms with E-state index in [2.05, 4.69) is 26.1 Å². The van der Waals surface area contributed by atoms with Gasteiger partial charge in [0.15, 0.2) is 0 Å². The molecule has 1 aliphatic rings. The molecule has 1 amide bonds. The van der Waals surface area contributed by atoms with Gasteiger partial charge >= 0.3 is 6.09 Å². The summed E-state index contributed by atoms with van der Waals surface area (Å²) < 4.78 is 5.39. The summed E-state index contributed by atoms with van der Waals surface area (Å²) in [5, 5.41) is 3.04. The lowest BCUT2D eigenvalue weighted by Gasteiger charge is -2.47. The van der Waals surface area contributed by atoms with Crippen LogP contribution in [0.3, 0.4) is 0 Å². The number of nitrogens with two attached hydrogens (primary N) is 1. The maximum absolute atomic E-state index is 12.1. The van der Waals surface area contributed by atoms with E-state index in [0.29, 0.717) is 0 Å². The molecule has 0 aliphatic heterocycles. The third kappa shape index (κ3) is 4.97. The zero-order valence-electron chi connectivity index (χ0n) is 14.0. The molecule has 20 heavy (non-hydrogen) atoms. The number of alkyl carbamates (subject to hydrolysis) is 1. The molecule has 0 bridgehead atoms. The average molecular weight is 284 g/mol. The molecule has 0 heterocycles. The van der Waals surface area contributed by atoms with Crippen LogP contribution in [0, 0.1) is 5.41 Å². The quantitative estimate of drug-likeness (QED) is 0.814. The zero-order chi connectivity index (χ0) is 15.6. The second kappa shape index (κ2) is 5.92. The van der Waals surface area contributed by atoms with E-state index in [-0.39, 0.29) is 23.1 Å². The standard InChI is InChI=1S/C16H32N2O2/c1-14(2,3)12(16(17)10-8-7-9-11-16)18-13(19)20-15(4,5)6/h12H,7-11,17H2,1-6H3,(H,18,19). The van der Waals surface area contributed by atoms with E-state index >= 15 is 0 Å². The molecule has 0 aromatic heterocycles. The van der Waals surface area contributed by atoms with Crippen molar-refractivity contribution in [2.75, 3.05) is 0 Å². The molecule has 0 aromatic carbocycles. The molecule has 1 unspecified atom stereocenters. The van der Waals surface area contributed by atoms with E-state index < -0.39 is 5.60 Å². The Balaban J connectivity index is 2.83. The van der Waals surface area contributed by atoms with Gasteiger partial charge in [-0.25, -0.2) is 4.79 Å². The fourth-order valence-corrected chi connectivity index (χ4v) is 3.15. The van der Waals surface area contributed by atoms with Gasteiger partial charge in [0.2, 0.25) is 0 Å². The summed E-state index contributed by atoms with van der Waals surface area (Å²) in [5.74, 6) is 0. The largest absolute Gasteiger partial charge is 0.444 e. The zero-order valence-corrected chi connectivity index (χ0v) is 14.0. The number of ether oxygens (including phenoxy) is 1. The van der Waals surface area contributed by atoms with Crippen molar-refractivity contribution < 1.29 is 9.53 Å². The van der Waals surface area contributed by atoms with Gasteiger partial charge in [-0.15, -0.1) is 0 Å². The highest BCUT2D eigenvalue weighted by Gasteiger charge is 2.43. The van der Waals surface area contributed by atoms with Crippen LogP contribution in [-0.2, 0) is 4.74 Å². The molecule has 3 N–H and O–H groups in total. The van der Waals surface area contributed by atoms with Gasteiger partial charge in [0.1, 0.15) is 5.60 Å². The van der Waals surface area contributed by atoms with E-state index in [0.717, 1.165) is 25.7 Å². The SMILES string of the molecule is CC(C)(C)OC(=O)NC(C(C)(C)C)C1(N)CCCCC1. The van der Waals surface area contributed by atoms with Crippen LogP contribution in [0.15, 0.2) is 0 Å². The molecular weight excluding hydrogens is 252 g/mol. The first kappa shape index (κ1) is 17.3. The highest BCUT2D eigenvalue weighted by molar-refractivity contribution is 5.68. The summed E-state index contributed by atoms with van der Waals surface area (Å²) in [5.41, 5.74) is 5.73. The van der Waals surface area contributed by atoms with Crippen molar-refractivity contribution in [2.45, 2.75) is 90.8 Å². The first-order valence-corrected chi connectivity index (χ1v) is 7.72. The lowest BCUT2D eigenvalue weighted by atomic mass is 9.68. The van der Waals surface area contributed by atoms with Gasteiger partial charge in [-0.2, -0.15) is 0 Å². The van der Waals surface area contributed by atoms with Crippen LogP contribution in [0.2, 0.25) is 0 Å². The van der Waals surface area contributed by atoms with Crippen LogP contribution in [0.25, 0.3) is 0 Å². The van der Waals surface area contributed by atoms with Crippen molar-refractivity contribution in [1.82, 2.24) is 5.32 Å². The second-order valence-electron chi connectivity index (χ2n) is 8.24. The number of nitrogens with one attached hydrogen (secondary N) is 1. The normalized spacial score (nSPS) is 21.1. The van der Waals surface area contributed by atoms with Crippen LogP contribution >= 0.6 is 0 Å². The number of hydrogen-bond donors (Lipinski definition) is 2. The molecule has 0 aromatic rings. The third-order valence-corrected chi connectivity index (χ3v) is 3.89. The molecule has 0 spiro atoms. The second-order valence-corrected chi connectivity index (χ2v) is 8.24. The number of carbonyl (C=O) groups is 1. The van der Waals surface area contributed by atoms with E-state index in [1.165, 1.54) is 6.42 Å². The van der Waals surface area contributed by atoms with Gasteiger partial charge in [0.05, 0.1) is 6.04 Å². The van der Waals surface area contributed by atoms with Gasteiger partial charge in [-0.3, -0.25) is 0 Å². The average Bonchev–Trinajstić information content (AvgIpc) is 2.23. The van der Waals surface area contributed by atoms with Crippen LogP contribution in [0.1, 0.15) is 73.6 Å². The Labute approximate surface area is 123 Å². The van der Waals surface area contributed by atoms with Crippen LogP contribution in [0.5, 0.6) is 0 Å². The Hall–Kier alpha value is -0.770. The summed E-state index contributed by atoms with van der Waals surface area (Å²) in [6, 6.07) is -0.0786. The number of amides is 1. The Kier molecular flexibility index (Phi) is 5.12. The summed E-state index contributed by atoms with van der Waals surface area (Å²) in [4.78, 5) is 12.1. The number of rotatable bonds is 2. The van der Waals surface area contributed by atoms with Gasteiger partial charge in [-0.05, 0) is 39.0 Å². The molecule has 1 fully saturated rings. The van der Waals surface area contributed by atoms with Crippen LogP contribution < -0.4 is 11.1 Å². The predicted octanol–water partition coefficient (Wildman–Crippen LogP) is 3.59. The summed E-state index contributed by atoms with van der Waals surface area (Å²) in [6.07, 6.45) is 5.07. The molecule has 4 heteroatoms. The van der Waals surface area contributed by atoms with E-state index in [4.69, 9.17) is 10.5 Å². The Bertz CT molecular complexity index is 333. The van der Waals surface area contributed by atoms with Crippen molar-refractivity contribution in [1.29, 1.82) is 0 Å². The fourth-order valence-electron chi connectivity index (χ4n) is 3.15. The lowest BCUT2D eigenvalue weighted by Crippen LogP contribution is -2.64. The van der Waals surface area contributed by atoms with Crippen molar-refractivity contribution in [3.8, 4) is 0 Å². The highest BCUT2D eigenvalue weighted by atomic mass is 16.6.